The van der Waals surface area contributed by atoms with E-state index in [0.29, 0.717) is 11.4 Å². The standard InChI is InChI=1S/C20H18ClN3O2/c1-12-4-2-5-13(8-12)11-24-19(25)17(23-20(24)26)9-14-10-22-18-15(14)6-3-7-16(18)21/h2-8,10,17,22H,9,11H2,1H3,(H,23,26)/t17-/m1/s1. The highest BCUT2D eigenvalue weighted by Gasteiger charge is 2.38. The number of carbonyl (C=O) groups is 2. The van der Waals surface area contributed by atoms with Crippen molar-refractivity contribution in [2.45, 2.75) is 25.9 Å². The first-order chi connectivity index (χ1) is 12.5. The van der Waals surface area contributed by atoms with E-state index in [1.54, 1.807) is 0 Å². The van der Waals surface area contributed by atoms with Crippen LogP contribution < -0.4 is 5.32 Å². The average Bonchev–Trinajstić information content (AvgIpc) is 3.13. The molecule has 0 bridgehead atoms. The van der Waals surface area contributed by atoms with Crippen LogP contribution in [0.1, 0.15) is 16.7 Å². The summed E-state index contributed by atoms with van der Waals surface area (Å²) in [6.07, 6.45) is 2.27. The number of carbonyl (C=O) groups excluding carboxylic acids is 2. The Morgan fingerprint density at radius 2 is 1.96 bits per heavy atom. The number of urea groups is 1. The molecule has 2 aromatic carbocycles. The molecule has 6 heteroatoms. The van der Waals surface area contributed by atoms with Gasteiger partial charge in [-0.3, -0.25) is 9.69 Å². The fourth-order valence-corrected chi connectivity index (χ4v) is 3.65. The molecule has 26 heavy (non-hydrogen) atoms. The number of hydrogen-bond donors (Lipinski definition) is 2. The van der Waals surface area contributed by atoms with Crippen molar-refractivity contribution < 1.29 is 9.59 Å². The summed E-state index contributed by atoms with van der Waals surface area (Å²) < 4.78 is 0. The van der Waals surface area contributed by atoms with Gasteiger partial charge in [0.2, 0.25) is 0 Å². The van der Waals surface area contributed by atoms with Gasteiger partial charge in [0.05, 0.1) is 17.1 Å². The topological polar surface area (TPSA) is 65.2 Å². The molecule has 1 aliphatic rings. The third kappa shape index (κ3) is 2.95. The van der Waals surface area contributed by atoms with Crippen LogP contribution in [0.3, 0.4) is 0 Å². The molecule has 3 aromatic rings. The fourth-order valence-electron chi connectivity index (χ4n) is 3.42. The van der Waals surface area contributed by atoms with Crippen molar-refractivity contribution in [3.8, 4) is 0 Å². The zero-order valence-corrected chi connectivity index (χ0v) is 15.0. The van der Waals surface area contributed by atoms with Crippen molar-refractivity contribution in [3.63, 3.8) is 0 Å². The van der Waals surface area contributed by atoms with Crippen LogP contribution in [0.5, 0.6) is 0 Å². The third-order valence-corrected chi connectivity index (χ3v) is 5.02. The Labute approximate surface area is 155 Å². The Morgan fingerprint density at radius 3 is 2.77 bits per heavy atom. The Morgan fingerprint density at radius 1 is 1.15 bits per heavy atom. The van der Waals surface area contributed by atoms with E-state index in [-0.39, 0.29) is 18.5 Å². The zero-order chi connectivity index (χ0) is 18.3. The lowest BCUT2D eigenvalue weighted by molar-refractivity contribution is -0.127. The van der Waals surface area contributed by atoms with E-state index in [0.717, 1.165) is 27.6 Å². The molecule has 2 N–H and O–H groups in total. The molecule has 5 nitrogen and oxygen atoms in total. The van der Waals surface area contributed by atoms with Crippen LogP contribution >= 0.6 is 11.6 Å². The number of halogens is 1. The molecule has 0 radical (unpaired) electrons. The van der Waals surface area contributed by atoms with Gasteiger partial charge in [-0.15, -0.1) is 0 Å². The van der Waals surface area contributed by atoms with Gasteiger partial charge in [0, 0.05) is 18.0 Å². The van der Waals surface area contributed by atoms with Gasteiger partial charge in [-0.2, -0.15) is 0 Å². The lowest BCUT2D eigenvalue weighted by Gasteiger charge is -2.13. The van der Waals surface area contributed by atoms with Gasteiger partial charge in [0.25, 0.3) is 5.91 Å². The first-order valence-corrected chi connectivity index (χ1v) is 8.82. The minimum atomic E-state index is -0.565. The Balaban J connectivity index is 1.54. The number of rotatable bonds is 4. The molecule has 132 valence electrons. The summed E-state index contributed by atoms with van der Waals surface area (Å²) in [6.45, 7) is 2.27. The lowest BCUT2D eigenvalue weighted by Crippen LogP contribution is -2.32. The van der Waals surface area contributed by atoms with E-state index in [1.807, 2.05) is 55.6 Å². The van der Waals surface area contributed by atoms with Gasteiger partial charge < -0.3 is 10.3 Å². The monoisotopic (exact) mass is 367 g/mol. The molecular formula is C20H18ClN3O2. The van der Waals surface area contributed by atoms with Gasteiger partial charge in [-0.1, -0.05) is 53.6 Å². The molecular weight excluding hydrogens is 350 g/mol. The number of benzene rings is 2. The first kappa shape index (κ1) is 16.7. The van der Waals surface area contributed by atoms with Crippen LogP contribution in [0.15, 0.2) is 48.7 Å². The number of aromatic amines is 1. The molecule has 1 fully saturated rings. The molecule has 2 heterocycles. The van der Waals surface area contributed by atoms with Gasteiger partial charge in [-0.25, -0.2) is 4.79 Å². The maximum atomic E-state index is 12.7. The van der Waals surface area contributed by atoms with Crippen molar-refractivity contribution in [1.29, 1.82) is 0 Å². The molecule has 4 rings (SSSR count). The summed E-state index contributed by atoms with van der Waals surface area (Å²) >= 11 is 6.19. The van der Waals surface area contributed by atoms with Crippen LogP contribution in [0.4, 0.5) is 4.79 Å². The number of fused-ring (bicyclic) bond motifs is 1. The molecule has 1 saturated heterocycles. The predicted octanol–water partition coefficient (Wildman–Crippen LogP) is 3.79. The molecule has 0 aliphatic carbocycles. The van der Waals surface area contributed by atoms with Crippen LogP contribution in [0.25, 0.3) is 10.9 Å². The Hall–Kier alpha value is -2.79. The second-order valence-corrected chi connectivity index (χ2v) is 7.00. The fraction of sp³-hybridized carbons (Fsp3) is 0.200. The zero-order valence-electron chi connectivity index (χ0n) is 14.3. The highest BCUT2D eigenvalue weighted by atomic mass is 35.5. The second kappa shape index (κ2) is 6.50. The van der Waals surface area contributed by atoms with Gasteiger partial charge in [0.15, 0.2) is 0 Å². The molecule has 1 aromatic heterocycles. The number of nitrogens with one attached hydrogen (secondary N) is 2. The Bertz CT molecular complexity index is 1010. The smallest absolute Gasteiger partial charge is 0.325 e. The molecule has 0 unspecified atom stereocenters. The summed E-state index contributed by atoms with van der Waals surface area (Å²) in [6, 6.07) is 12.6. The molecule has 1 aliphatic heterocycles. The van der Waals surface area contributed by atoms with Gasteiger partial charge in [0.1, 0.15) is 6.04 Å². The van der Waals surface area contributed by atoms with Crippen LogP contribution in [0, 0.1) is 6.92 Å². The lowest BCUT2D eigenvalue weighted by atomic mass is 10.0. The Kier molecular flexibility index (Phi) is 4.17. The minimum Gasteiger partial charge on any atom is -0.360 e. The van der Waals surface area contributed by atoms with Crippen LogP contribution in [-0.4, -0.2) is 27.9 Å². The van der Waals surface area contributed by atoms with Crippen molar-refractivity contribution >= 4 is 34.4 Å². The maximum absolute atomic E-state index is 12.7. The second-order valence-electron chi connectivity index (χ2n) is 6.60. The van der Waals surface area contributed by atoms with Crippen molar-refractivity contribution in [1.82, 2.24) is 15.2 Å². The summed E-state index contributed by atoms with van der Waals surface area (Å²) in [5, 5.41) is 4.40. The van der Waals surface area contributed by atoms with E-state index < -0.39 is 6.04 Å². The quantitative estimate of drug-likeness (QED) is 0.689. The third-order valence-electron chi connectivity index (χ3n) is 4.70. The van der Waals surface area contributed by atoms with Crippen molar-refractivity contribution in [2.75, 3.05) is 0 Å². The van der Waals surface area contributed by atoms with Gasteiger partial charge in [-0.05, 0) is 24.1 Å². The number of aromatic nitrogens is 1. The number of H-pyrrole nitrogens is 1. The maximum Gasteiger partial charge on any atom is 0.325 e. The van der Waals surface area contributed by atoms with Crippen molar-refractivity contribution in [2.24, 2.45) is 0 Å². The van der Waals surface area contributed by atoms with E-state index in [9.17, 15) is 9.59 Å². The highest BCUT2D eigenvalue weighted by molar-refractivity contribution is 6.35. The van der Waals surface area contributed by atoms with Crippen LogP contribution in [0.2, 0.25) is 5.02 Å². The molecule has 0 saturated carbocycles. The number of para-hydroxylation sites is 1. The van der Waals surface area contributed by atoms with E-state index in [1.165, 1.54) is 4.90 Å². The van der Waals surface area contributed by atoms with Gasteiger partial charge >= 0.3 is 6.03 Å². The largest absolute Gasteiger partial charge is 0.360 e. The summed E-state index contributed by atoms with van der Waals surface area (Å²) in [7, 11) is 0. The summed E-state index contributed by atoms with van der Waals surface area (Å²) in [4.78, 5) is 29.5. The van der Waals surface area contributed by atoms with E-state index in [2.05, 4.69) is 10.3 Å². The predicted molar refractivity (Wildman–Crippen MR) is 101 cm³/mol. The summed E-state index contributed by atoms with van der Waals surface area (Å²) in [5.74, 6) is -0.201. The van der Waals surface area contributed by atoms with Crippen molar-refractivity contribution in [3.05, 3.63) is 70.4 Å². The molecule has 3 amide bonds. The van der Waals surface area contributed by atoms with Crippen LogP contribution in [-0.2, 0) is 17.8 Å². The molecule has 0 spiro atoms. The number of nitrogens with zero attached hydrogens (tertiary/aromatic N) is 1. The van der Waals surface area contributed by atoms with E-state index in [4.69, 9.17) is 11.6 Å². The normalized spacial score (nSPS) is 17.2. The first-order valence-electron chi connectivity index (χ1n) is 8.45. The number of hydrogen-bond acceptors (Lipinski definition) is 2. The number of imide groups is 1. The highest BCUT2D eigenvalue weighted by Crippen LogP contribution is 2.27. The number of aryl methyl sites for hydroxylation is 1. The SMILES string of the molecule is Cc1cccc(CN2C(=O)N[C@H](Cc3c[nH]c4c(Cl)cccc34)C2=O)c1. The minimum absolute atomic E-state index is 0.201. The average molecular weight is 368 g/mol. The molecule has 1 atom stereocenters. The number of amides is 3. The van der Waals surface area contributed by atoms with E-state index >= 15 is 0 Å². The summed E-state index contributed by atoms with van der Waals surface area (Å²) in [5.41, 5.74) is 3.84.